The number of hydrogen-bond donors (Lipinski definition) is 1. The van der Waals surface area contributed by atoms with Gasteiger partial charge in [0.25, 0.3) is 0 Å². The molecular formula is C14H14ClN3O. The van der Waals surface area contributed by atoms with Gasteiger partial charge in [0.05, 0.1) is 18.2 Å². The molecular weight excluding hydrogens is 262 g/mol. The van der Waals surface area contributed by atoms with Crippen LogP contribution in [0.1, 0.15) is 11.6 Å². The van der Waals surface area contributed by atoms with E-state index in [1.54, 1.807) is 19.4 Å². The zero-order chi connectivity index (χ0) is 13.7. The van der Waals surface area contributed by atoms with Gasteiger partial charge in [-0.1, -0.05) is 17.7 Å². The zero-order valence-electron chi connectivity index (χ0n) is 10.6. The molecule has 0 aliphatic carbocycles. The molecule has 1 heterocycles. The molecule has 0 aliphatic heterocycles. The first-order chi connectivity index (χ1) is 9.27. The highest BCUT2D eigenvalue weighted by Crippen LogP contribution is 2.28. The van der Waals surface area contributed by atoms with Crippen LogP contribution in [0.15, 0.2) is 30.5 Å². The molecule has 0 amide bonds. The molecule has 2 rings (SSSR count). The number of nitrogens with zero attached hydrogens (tertiary/aromatic N) is 2. The van der Waals surface area contributed by atoms with Gasteiger partial charge >= 0.3 is 0 Å². The quantitative estimate of drug-likeness (QED) is 0.853. The van der Waals surface area contributed by atoms with Crippen LogP contribution in [0.25, 0.3) is 10.9 Å². The fraction of sp³-hybridized carbons (Fsp3) is 0.286. The predicted octanol–water partition coefficient (Wildman–Crippen LogP) is 2.69. The van der Waals surface area contributed by atoms with Gasteiger partial charge in [-0.05, 0) is 18.2 Å². The Kier molecular flexibility index (Phi) is 4.69. The van der Waals surface area contributed by atoms with Crippen LogP contribution in [0.4, 0.5) is 0 Å². The highest BCUT2D eigenvalue weighted by molar-refractivity contribution is 6.35. The number of nitrogens with one attached hydrogen (secondary N) is 1. The van der Waals surface area contributed by atoms with E-state index in [1.165, 1.54) is 0 Å². The van der Waals surface area contributed by atoms with Crippen molar-refractivity contribution < 1.29 is 4.74 Å². The first-order valence-electron chi connectivity index (χ1n) is 5.93. The van der Waals surface area contributed by atoms with Gasteiger partial charge in [-0.25, -0.2) is 0 Å². The molecule has 4 nitrogen and oxygen atoms in total. The number of pyridine rings is 1. The van der Waals surface area contributed by atoms with E-state index in [2.05, 4.69) is 16.4 Å². The maximum atomic E-state index is 9.29. The third-order valence-corrected chi connectivity index (χ3v) is 3.17. The second-order valence-electron chi connectivity index (χ2n) is 4.05. The largest absolute Gasteiger partial charge is 0.383 e. The third kappa shape index (κ3) is 3.02. The van der Waals surface area contributed by atoms with Gasteiger partial charge in [0.2, 0.25) is 0 Å². The summed E-state index contributed by atoms with van der Waals surface area (Å²) in [6.45, 7) is 1.16. The van der Waals surface area contributed by atoms with Gasteiger partial charge in [0.1, 0.15) is 6.04 Å². The summed E-state index contributed by atoms with van der Waals surface area (Å²) in [7, 11) is 1.63. The number of ether oxygens (including phenoxy) is 1. The van der Waals surface area contributed by atoms with E-state index in [0.29, 0.717) is 18.2 Å². The van der Waals surface area contributed by atoms with Gasteiger partial charge in [0, 0.05) is 35.8 Å². The second kappa shape index (κ2) is 6.48. The van der Waals surface area contributed by atoms with Crippen LogP contribution >= 0.6 is 11.6 Å². The van der Waals surface area contributed by atoms with E-state index < -0.39 is 6.04 Å². The third-order valence-electron chi connectivity index (χ3n) is 2.84. The van der Waals surface area contributed by atoms with Crippen molar-refractivity contribution in [1.29, 1.82) is 5.26 Å². The number of halogens is 1. The number of methoxy groups -OCH3 is 1. The molecule has 5 heteroatoms. The van der Waals surface area contributed by atoms with Crippen molar-refractivity contribution >= 4 is 22.5 Å². The Morgan fingerprint density at radius 3 is 3.05 bits per heavy atom. The fourth-order valence-electron chi connectivity index (χ4n) is 1.92. The summed E-state index contributed by atoms with van der Waals surface area (Å²) in [5.41, 5.74) is 1.59. The summed E-state index contributed by atoms with van der Waals surface area (Å²) in [6, 6.07) is 9.18. The standard InChI is InChI=1S/C14H14ClN3O/c1-19-8-7-17-13(9-16)11-4-5-12(15)10-3-2-6-18-14(10)11/h2-6,13,17H,7-8H2,1H3. The summed E-state index contributed by atoms with van der Waals surface area (Å²) in [6.07, 6.45) is 1.70. The maximum absolute atomic E-state index is 9.29. The molecule has 1 N–H and O–H groups in total. The molecule has 1 aromatic heterocycles. The molecule has 0 fully saturated rings. The lowest BCUT2D eigenvalue weighted by Gasteiger charge is -2.14. The Morgan fingerprint density at radius 2 is 2.32 bits per heavy atom. The number of hydrogen-bond acceptors (Lipinski definition) is 4. The Labute approximate surface area is 117 Å². The topological polar surface area (TPSA) is 57.9 Å². The molecule has 0 radical (unpaired) electrons. The van der Waals surface area contributed by atoms with E-state index >= 15 is 0 Å². The van der Waals surface area contributed by atoms with Crippen molar-refractivity contribution in [2.45, 2.75) is 6.04 Å². The van der Waals surface area contributed by atoms with Crippen molar-refractivity contribution in [3.05, 3.63) is 41.0 Å². The molecule has 0 bridgehead atoms. The zero-order valence-corrected chi connectivity index (χ0v) is 11.3. The van der Waals surface area contributed by atoms with Crippen LogP contribution in [0.2, 0.25) is 5.02 Å². The molecule has 1 aromatic carbocycles. The summed E-state index contributed by atoms with van der Waals surface area (Å²) >= 11 is 6.14. The lowest BCUT2D eigenvalue weighted by molar-refractivity contribution is 0.198. The van der Waals surface area contributed by atoms with Gasteiger partial charge < -0.3 is 4.74 Å². The molecule has 0 spiro atoms. The molecule has 0 aliphatic rings. The number of fused-ring (bicyclic) bond motifs is 1. The lowest BCUT2D eigenvalue weighted by atomic mass is 10.0. The lowest BCUT2D eigenvalue weighted by Crippen LogP contribution is -2.24. The van der Waals surface area contributed by atoms with Crippen LogP contribution in [0, 0.1) is 11.3 Å². The molecule has 2 aromatic rings. The van der Waals surface area contributed by atoms with Crippen LogP contribution in [0.5, 0.6) is 0 Å². The summed E-state index contributed by atoms with van der Waals surface area (Å²) in [5, 5.41) is 13.9. The molecule has 1 atom stereocenters. The van der Waals surface area contributed by atoms with Crippen molar-refractivity contribution in [3.8, 4) is 6.07 Å². The summed E-state index contributed by atoms with van der Waals surface area (Å²) < 4.78 is 4.97. The highest BCUT2D eigenvalue weighted by Gasteiger charge is 2.15. The Bertz CT molecular complexity index is 609. The van der Waals surface area contributed by atoms with Crippen molar-refractivity contribution in [2.75, 3.05) is 20.3 Å². The van der Waals surface area contributed by atoms with E-state index in [0.717, 1.165) is 16.5 Å². The van der Waals surface area contributed by atoms with E-state index in [-0.39, 0.29) is 0 Å². The number of aromatic nitrogens is 1. The molecule has 1 unspecified atom stereocenters. The van der Waals surface area contributed by atoms with E-state index in [9.17, 15) is 5.26 Å². The number of benzene rings is 1. The van der Waals surface area contributed by atoms with Crippen LogP contribution in [-0.4, -0.2) is 25.2 Å². The first kappa shape index (κ1) is 13.8. The van der Waals surface area contributed by atoms with Gasteiger partial charge in [0.15, 0.2) is 0 Å². The monoisotopic (exact) mass is 275 g/mol. The fourth-order valence-corrected chi connectivity index (χ4v) is 2.14. The maximum Gasteiger partial charge on any atom is 0.123 e. The van der Waals surface area contributed by atoms with Crippen LogP contribution in [-0.2, 0) is 4.74 Å². The van der Waals surface area contributed by atoms with Gasteiger partial charge in [-0.3, -0.25) is 10.3 Å². The normalized spacial score (nSPS) is 12.3. The number of rotatable bonds is 5. The first-order valence-corrected chi connectivity index (χ1v) is 6.30. The average Bonchev–Trinajstić information content (AvgIpc) is 2.45. The van der Waals surface area contributed by atoms with Gasteiger partial charge in [-0.15, -0.1) is 0 Å². The second-order valence-corrected chi connectivity index (χ2v) is 4.45. The average molecular weight is 276 g/mol. The number of nitriles is 1. The van der Waals surface area contributed by atoms with Crippen molar-refractivity contribution in [2.24, 2.45) is 0 Å². The smallest absolute Gasteiger partial charge is 0.123 e. The van der Waals surface area contributed by atoms with E-state index in [1.807, 2.05) is 18.2 Å². The summed E-state index contributed by atoms with van der Waals surface area (Å²) in [5.74, 6) is 0. The van der Waals surface area contributed by atoms with Crippen LogP contribution < -0.4 is 5.32 Å². The molecule has 0 saturated heterocycles. The minimum atomic E-state index is -0.426. The molecule has 19 heavy (non-hydrogen) atoms. The van der Waals surface area contributed by atoms with E-state index in [4.69, 9.17) is 16.3 Å². The van der Waals surface area contributed by atoms with Crippen LogP contribution in [0.3, 0.4) is 0 Å². The summed E-state index contributed by atoms with van der Waals surface area (Å²) in [4.78, 5) is 4.33. The van der Waals surface area contributed by atoms with Crippen molar-refractivity contribution in [3.63, 3.8) is 0 Å². The van der Waals surface area contributed by atoms with Crippen molar-refractivity contribution in [1.82, 2.24) is 10.3 Å². The minimum absolute atomic E-state index is 0.426. The SMILES string of the molecule is COCCNC(C#N)c1ccc(Cl)c2cccnc12. The Balaban J connectivity index is 2.38. The van der Waals surface area contributed by atoms with Gasteiger partial charge in [-0.2, -0.15) is 5.26 Å². The Hall–Kier alpha value is -1.67. The Morgan fingerprint density at radius 1 is 1.47 bits per heavy atom. The predicted molar refractivity (Wildman–Crippen MR) is 75.0 cm³/mol. The molecule has 0 saturated carbocycles. The highest BCUT2D eigenvalue weighted by atomic mass is 35.5. The minimum Gasteiger partial charge on any atom is -0.383 e. The molecule has 98 valence electrons.